The summed E-state index contributed by atoms with van der Waals surface area (Å²) in [4.78, 5) is 1.15. The van der Waals surface area contributed by atoms with E-state index < -0.39 is 12.7 Å². The van der Waals surface area contributed by atoms with Gasteiger partial charge in [0.1, 0.15) is 6.54 Å². The second-order valence-electron chi connectivity index (χ2n) is 4.24. The molecule has 0 bridgehead atoms. The molecule has 0 amide bonds. The minimum atomic E-state index is -4.32. The van der Waals surface area contributed by atoms with E-state index >= 15 is 0 Å². The highest BCUT2D eigenvalue weighted by atomic mass is 35.5. The van der Waals surface area contributed by atoms with Crippen LogP contribution in [0.5, 0.6) is 0 Å². The Morgan fingerprint density at radius 2 is 1.94 bits per heavy atom. The molecular formula is C12H15ClF3NO. The fourth-order valence-corrected chi connectivity index (χ4v) is 2.02. The van der Waals surface area contributed by atoms with Crippen molar-refractivity contribution >= 4 is 17.3 Å². The molecule has 1 rings (SSSR count). The monoisotopic (exact) mass is 281 g/mol. The van der Waals surface area contributed by atoms with Crippen LogP contribution in [-0.2, 0) is 6.61 Å². The van der Waals surface area contributed by atoms with E-state index in [2.05, 4.69) is 0 Å². The molecule has 0 heterocycles. The fraction of sp³-hybridized carbons (Fsp3) is 0.500. The normalized spacial score (nSPS) is 12.0. The molecule has 0 aliphatic rings. The Morgan fingerprint density at radius 1 is 1.33 bits per heavy atom. The van der Waals surface area contributed by atoms with Crippen LogP contribution in [0.2, 0.25) is 5.02 Å². The minimum Gasteiger partial charge on any atom is -0.392 e. The van der Waals surface area contributed by atoms with Gasteiger partial charge in [-0.1, -0.05) is 23.7 Å². The van der Waals surface area contributed by atoms with E-state index in [-0.39, 0.29) is 23.4 Å². The standard InChI is InChI=1S/C12H15ClF3NO/c1-8(2)17(7-12(14,15)16)11-9(6-18)4-3-5-10(11)13/h3-5,8,18H,6-7H2,1-2H3. The van der Waals surface area contributed by atoms with E-state index in [0.29, 0.717) is 5.56 Å². The van der Waals surface area contributed by atoms with Crippen molar-refractivity contribution in [3.8, 4) is 0 Å². The zero-order valence-corrected chi connectivity index (χ0v) is 10.9. The lowest BCUT2D eigenvalue weighted by atomic mass is 10.1. The van der Waals surface area contributed by atoms with Crippen LogP contribution in [0.25, 0.3) is 0 Å². The summed E-state index contributed by atoms with van der Waals surface area (Å²) >= 11 is 5.96. The molecule has 18 heavy (non-hydrogen) atoms. The van der Waals surface area contributed by atoms with Gasteiger partial charge in [0, 0.05) is 11.6 Å². The summed E-state index contributed by atoms with van der Waals surface area (Å²) in [5, 5.41) is 9.41. The maximum atomic E-state index is 12.6. The van der Waals surface area contributed by atoms with Crippen molar-refractivity contribution in [1.29, 1.82) is 0 Å². The highest BCUT2D eigenvalue weighted by molar-refractivity contribution is 6.33. The number of para-hydroxylation sites is 1. The van der Waals surface area contributed by atoms with Gasteiger partial charge in [-0.15, -0.1) is 0 Å². The predicted molar refractivity (Wildman–Crippen MR) is 65.9 cm³/mol. The Labute approximate surface area is 109 Å². The van der Waals surface area contributed by atoms with Crippen molar-refractivity contribution in [3.05, 3.63) is 28.8 Å². The Morgan fingerprint density at radius 3 is 2.39 bits per heavy atom. The van der Waals surface area contributed by atoms with Crippen LogP contribution in [-0.4, -0.2) is 23.9 Å². The fourth-order valence-electron chi connectivity index (χ4n) is 1.72. The van der Waals surface area contributed by atoms with Crippen LogP contribution < -0.4 is 4.90 Å². The number of halogens is 4. The number of alkyl halides is 3. The molecular weight excluding hydrogens is 267 g/mol. The van der Waals surface area contributed by atoms with Gasteiger partial charge in [0.05, 0.1) is 17.3 Å². The zero-order chi connectivity index (χ0) is 13.9. The molecule has 0 fully saturated rings. The number of hydrogen-bond donors (Lipinski definition) is 1. The van der Waals surface area contributed by atoms with Gasteiger partial charge in [0.15, 0.2) is 0 Å². The van der Waals surface area contributed by atoms with Gasteiger partial charge in [-0.05, 0) is 19.9 Å². The van der Waals surface area contributed by atoms with Crippen LogP contribution in [0.1, 0.15) is 19.4 Å². The number of hydrogen-bond acceptors (Lipinski definition) is 2. The third kappa shape index (κ3) is 3.78. The van der Waals surface area contributed by atoms with E-state index in [1.54, 1.807) is 26.0 Å². The van der Waals surface area contributed by atoms with E-state index in [4.69, 9.17) is 11.6 Å². The predicted octanol–water partition coefficient (Wildman–Crippen LogP) is 3.61. The number of aliphatic hydroxyl groups is 1. The van der Waals surface area contributed by atoms with Gasteiger partial charge in [0.2, 0.25) is 0 Å². The lowest BCUT2D eigenvalue weighted by molar-refractivity contribution is -0.120. The van der Waals surface area contributed by atoms with Gasteiger partial charge in [-0.3, -0.25) is 0 Å². The van der Waals surface area contributed by atoms with Crippen LogP contribution in [0.15, 0.2) is 18.2 Å². The Kier molecular flexibility index (Phi) is 4.87. The average Bonchev–Trinajstić information content (AvgIpc) is 2.24. The molecule has 1 aromatic carbocycles. The maximum absolute atomic E-state index is 12.6. The number of anilines is 1. The molecule has 0 atom stereocenters. The Bertz CT molecular complexity index is 407. The zero-order valence-electron chi connectivity index (χ0n) is 10.1. The summed E-state index contributed by atoms with van der Waals surface area (Å²) in [5.74, 6) is 0. The molecule has 0 saturated carbocycles. The summed E-state index contributed by atoms with van der Waals surface area (Å²) in [6, 6.07) is 4.30. The first kappa shape index (κ1) is 15.1. The van der Waals surface area contributed by atoms with E-state index in [1.165, 1.54) is 6.07 Å². The van der Waals surface area contributed by atoms with Crippen LogP contribution in [0, 0.1) is 0 Å². The number of rotatable bonds is 4. The number of aliphatic hydroxyl groups excluding tert-OH is 1. The molecule has 0 spiro atoms. The highest BCUT2D eigenvalue weighted by Gasteiger charge is 2.33. The van der Waals surface area contributed by atoms with Gasteiger partial charge < -0.3 is 10.0 Å². The van der Waals surface area contributed by atoms with E-state index in [9.17, 15) is 18.3 Å². The molecule has 0 radical (unpaired) electrons. The molecule has 102 valence electrons. The second kappa shape index (κ2) is 5.80. The van der Waals surface area contributed by atoms with E-state index in [1.807, 2.05) is 0 Å². The first-order valence-corrected chi connectivity index (χ1v) is 5.85. The van der Waals surface area contributed by atoms with Crippen molar-refractivity contribution in [2.75, 3.05) is 11.4 Å². The molecule has 2 nitrogen and oxygen atoms in total. The molecule has 0 unspecified atom stereocenters. The molecule has 1 aromatic rings. The maximum Gasteiger partial charge on any atom is 0.405 e. The third-order valence-electron chi connectivity index (χ3n) is 2.50. The molecule has 0 saturated heterocycles. The Hall–Kier alpha value is -0.940. The summed E-state index contributed by atoms with van der Waals surface area (Å²) in [6.07, 6.45) is -4.32. The lowest BCUT2D eigenvalue weighted by Gasteiger charge is -2.32. The smallest absolute Gasteiger partial charge is 0.392 e. The van der Waals surface area contributed by atoms with Crippen molar-refractivity contribution in [3.63, 3.8) is 0 Å². The SMILES string of the molecule is CC(C)N(CC(F)(F)F)c1c(Cl)cccc1CO. The summed E-state index contributed by atoms with van der Waals surface area (Å²) in [7, 11) is 0. The number of benzene rings is 1. The van der Waals surface area contributed by atoms with Gasteiger partial charge in [-0.2, -0.15) is 13.2 Å². The van der Waals surface area contributed by atoms with Crippen molar-refractivity contribution < 1.29 is 18.3 Å². The lowest BCUT2D eigenvalue weighted by Crippen LogP contribution is -2.39. The van der Waals surface area contributed by atoms with Crippen molar-refractivity contribution in [1.82, 2.24) is 0 Å². The van der Waals surface area contributed by atoms with Crippen molar-refractivity contribution in [2.24, 2.45) is 0 Å². The summed E-state index contributed by atoms with van der Waals surface area (Å²) in [5.41, 5.74) is 0.634. The van der Waals surface area contributed by atoms with Crippen LogP contribution >= 0.6 is 11.6 Å². The molecule has 1 N–H and O–H groups in total. The van der Waals surface area contributed by atoms with Gasteiger partial charge in [-0.25, -0.2) is 0 Å². The molecule has 0 aromatic heterocycles. The average molecular weight is 282 g/mol. The highest BCUT2D eigenvalue weighted by Crippen LogP contribution is 2.33. The third-order valence-corrected chi connectivity index (χ3v) is 2.81. The second-order valence-corrected chi connectivity index (χ2v) is 4.65. The minimum absolute atomic E-state index is 0.208. The summed E-state index contributed by atoms with van der Waals surface area (Å²) in [6.45, 7) is 1.85. The number of nitrogens with zero attached hydrogens (tertiary/aromatic N) is 1. The molecule has 0 aliphatic heterocycles. The first-order chi connectivity index (χ1) is 8.26. The van der Waals surface area contributed by atoms with Crippen molar-refractivity contribution in [2.45, 2.75) is 32.7 Å². The van der Waals surface area contributed by atoms with Gasteiger partial charge in [0.25, 0.3) is 0 Å². The Balaban J connectivity index is 3.21. The quantitative estimate of drug-likeness (QED) is 0.911. The topological polar surface area (TPSA) is 23.5 Å². The largest absolute Gasteiger partial charge is 0.405 e. The van der Waals surface area contributed by atoms with Crippen LogP contribution in [0.4, 0.5) is 18.9 Å². The molecule has 6 heteroatoms. The van der Waals surface area contributed by atoms with Crippen LogP contribution in [0.3, 0.4) is 0 Å². The summed E-state index contributed by atoms with van der Waals surface area (Å²) < 4.78 is 37.7. The van der Waals surface area contributed by atoms with E-state index in [0.717, 1.165) is 4.90 Å². The molecule has 0 aliphatic carbocycles. The first-order valence-electron chi connectivity index (χ1n) is 5.48. The van der Waals surface area contributed by atoms with Gasteiger partial charge >= 0.3 is 6.18 Å².